The first kappa shape index (κ1) is 23.6. The van der Waals surface area contributed by atoms with Gasteiger partial charge in [-0.1, -0.05) is 17.7 Å². The molecule has 33 heavy (non-hydrogen) atoms. The van der Waals surface area contributed by atoms with Crippen molar-refractivity contribution in [3.05, 3.63) is 56.7 Å². The number of benzene rings is 1. The first-order valence-electron chi connectivity index (χ1n) is 10.1. The van der Waals surface area contributed by atoms with Gasteiger partial charge in [-0.15, -0.1) is 0 Å². The van der Waals surface area contributed by atoms with Crippen LogP contribution in [0.25, 0.3) is 11.0 Å². The Bertz CT molecular complexity index is 1370. The highest BCUT2D eigenvalue weighted by molar-refractivity contribution is 7.85. The molecule has 176 valence electrons. The lowest BCUT2D eigenvalue weighted by Crippen LogP contribution is -2.22. The SMILES string of the molecule is Cn1nc2c(=O)n(C3CC3)cnc2c1/C(=N/S(=O)C(C)(C)C)c1ccc(C(F)(F)F)c(Cl)c1. The third-order valence-electron chi connectivity index (χ3n) is 5.18. The van der Waals surface area contributed by atoms with Gasteiger partial charge in [-0.2, -0.15) is 22.7 Å². The summed E-state index contributed by atoms with van der Waals surface area (Å²) in [6.07, 6.45) is -1.43. The lowest BCUT2D eigenvalue weighted by molar-refractivity contribution is -0.137. The summed E-state index contributed by atoms with van der Waals surface area (Å²) in [5.74, 6) is 0. The highest BCUT2D eigenvalue weighted by Crippen LogP contribution is 2.36. The Balaban J connectivity index is 1.96. The normalized spacial score (nSPS) is 16.4. The van der Waals surface area contributed by atoms with Crippen molar-refractivity contribution in [1.82, 2.24) is 19.3 Å². The second kappa shape index (κ2) is 8.05. The van der Waals surface area contributed by atoms with Crippen LogP contribution in [0, 0.1) is 0 Å². The van der Waals surface area contributed by atoms with E-state index in [1.54, 1.807) is 27.8 Å². The summed E-state index contributed by atoms with van der Waals surface area (Å²) < 4.78 is 59.1. The van der Waals surface area contributed by atoms with Gasteiger partial charge in [-0.05, 0) is 45.7 Å². The Morgan fingerprint density at radius 2 is 1.88 bits per heavy atom. The van der Waals surface area contributed by atoms with Crippen LogP contribution < -0.4 is 5.56 Å². The van der Waals surface area contributed by atoms with Gasteiger partial charge in [-0.25, -0.2) is 9.19 Å². The number of hydrogen-bond donors (Lipinski definition) is 0. The quantitative estimate of drug-likeness (QED) is 0.497. The monoisotopic (exact) mass is 499 g/mol. The van der Waals surface area contributed by atoms with Crippen LogP contribution in [0.5, 0.6) is 0 Å². The Labute approximate surface area is 194 Å². The van der Waals surface area contributed by atoms with Crippen LogP contribution in [0.4, 0.5) is 13.2 Å². The number of aryl methyl sites for hydroxylation is 1. The molecule has 1 aromatic carbocycles. The van der Waals surface area contributed by atoms with Gasteiger partial charge in [0.05, 0.1) is 21.7 Å². The van der Waals surface area contributed by atoms with Crippen molar-refractivity contribution >= 4 is 39.3 Å². The molecule has 3 aromatic rings. The number of halogens is 4. The van der Waals surface area contributed by atoms with Gasteiger partial charge in [0.2, 0.25) is 0 Å². The fourth-order valence-corrected chi connectivity index (χ4v) is 4.22. The predicted molar refractivity (Wildman–Crippen MR) is 121 cm³/mol. The summed E-state index contributed by atoms with van der Waals surface area (Å²) in [5, 5.41) is 3.78. The zero-order chi connectivity index (χ0) is 24.3. The minimum Gasteiger partial charge on any atom is -0.294 e. The molecule has 0 bridgehead atoms. The van der Waals surface area contributed by atoms with Crippen LogP contribution in [0.15, 0.2) is 33.7 Å². The molecule has 7 nitrogen and oxygen atoms in total. The van der Waals surface area contributed by atoms with E-state index in [0.29, 0.717) is 0 Å². The zero-order valence-electron chi connectivity index (χ0n) is 18.3. The number of alkyl halides is 3. The molecule has 0 aliphatic heterocycles. The summed E-state index contributed by atoms with van der Waals surface area (Å²) in [4.78, 5) is 17.3. The van der Waals surface area contributed by atoms with Crippen LogP contribution in [0.1, 0.15) is 56.5 Å². The van der Waals surface area contributed by atoms with Crippen molar-refractivity contribution in [2.45, 2.75) is 50.6 Å². The third kappa shape index (κ3) is 4.48. The molecule has 0 radical (unpaired) electrons. The topological polar surface area (TPSA) is 82.1 Å². The maximum atomic E-state index is 13.2. The van der Waals surface area contributed by atoms with Gasteiger partial charge in [0, 0.05) is 18.7 Å². The number of rotatable bonds is 4. The molecule has 1 saturated carbocycles. The average molecular weight is 500 g/mol. The average Bonchev–Trinajstić information content (AvgIpc) is 3.47. The first-order chi connectivity index (χ1) is 15.3. The van der Waals surface area contributed by atoms with Gasteiger partial charge >= 0.3 is 6.18 Å². The van der Waals surface area contributed by atoms with Crippen molar-refractivity contribution in [2.24, 2.45) is 11.4 Å². The minimum atomic E-state index is -4.63. The van der Waals surface area contributed by atoms with Crippen LogP contribution in [-0.4, -0.2) is 34.0 Å². The molecule has 0 saturated heterocycles. The Morgan fingerprint density at radius 3 is 2.42 bits per heavy atom. The van der Waals surface area contributed by atoms with E-state index in [9.17, 15) is 22.2 Å². The van der Waals surface area contributed by atoms with Crippen LogP contribution in [-0.2, 0) is 24.2 Å². The number of aromatic nitrogens is 4. The first-order valence-corrected chi connectivity index (χ1v) is 11.6. The summed E-state index contributed by atoms with van der Waals surface area (Å²) >= 11 is 5.95. The number of nitrogens with zero attached hydrogens (tertiary/aromatic N) is 5. The van der Waals surface area contributed by atoms with Crippen LogP contribution in [0.2, 0.25) is 5.02 Å². The molecule has 12 heteroatoms. The third-order valence-corrected chi connectivity index (χ3v) is 6.89. The maximum Gasteiger partial charge on any atom is 0.417 e. The van der Waals surface area contributed by atoms with E-state index in [0.717, 1.165) is 25.0 Å². The molecule has 0 spiro atoms. The molecular formula is C21H21ClF3N5O2S. The molecule has 4 rings (SSSR count). The largest absolute Gasteiger partial charge is 0.417 e. The molecule has 1 aliphatic carbocycles. The van der Waals surface area contributed by atoms with Gasteiger partial charge in [0.25, 0.3) is 5.56 Å². The second-order valence-corrected chi connectivity index (χ2v) is 11.2. The van der Waals surface area contributed by atoms with Gasteiger partial charge in [0.1, 0.15) is 27.9 Å². The maximum absolute atomic E-state index is 13.2. The molecule has 1 atom stereocenters. The van der Waals surface area contributed by atoms with Crippen LogP contribution >= 0.6 is 11.6 Å². The fourth-order valence-electron chi connectivity index (χ4n) is 3.30. The predicted octanol–water partition coefficient (Wildman–Crippen LogP) is 4.44. The van der Waals surface area contributed by atoms with E-state index >= 15 is 0 Å². The van der Waals surface area contributed by atoms with E-state index in [2.05, 4.69) is 14.5 Å². The summed E-state index contributed by atoms with van der Waals surface area (Å²) in [7, 11) is -0.201. The fraction of sp³-hybridized carbons (Fsp3) is 0.429. The van der Waals surface area contributed by atoms with Crippen molar-refractivity contribution in [1.29, 1.82) is 0 Å². The van der Waals surface area contributed by atoms with E-state index in [4.69, 9.17) is 11.6 Å². The Kier molecular flexibility index (Phi) is 5.76. The molecule has 1 unspecified atom stereocenters. The zero-order valence-corrected chi connectivity index (χ0v) is 19.8. The molecule has 1 aliphatic rings. The molecule has 2 aromatic heterocycles. The van der Waals surface area contributed by atoms with Crippen molar-refractivity contribution in [3.8, 4) is 0 Å². The molecular weight excluding hydrogens is 479 g/mol. The highest BCUT2D eigenvalue weighted by atomic mass is 35.5. The lowest BCUT2D eigenvalue weighted by Gasteiger charge is -2.16. The van der Waals surface area contributed by atoms with Gasteiger partial charge in [-0.3, -0.25) is 14.0 Å². The van der Waals surface area contributed by atoms with Crippen LogP contribution in [0.3, 0.4) is 0 Å². The molecule has 0 amide bonds. The Hall–Kier alpha value is -2.53. The van der Waals surface area contributed by atoms with Crippen molar-refractivity contribution < 1.29 is 17.4 Å². The summed E-state index contributed by atoms with van der Waals surface area (Å²) in [5.41, 5.74) is -0.438. The standard InChI is InChI=1S/C21H21ClF3N5O2S/c1-20(2,3)33(32)28-15(11-5-8-13(14(22)9-11)21(23,24)25)18-16-17(27-29(18)4)19(31)30(10-26-16)12-6-7-12/h5,8-10,12H,6-7H2,1-4H3/b28-15+. The smallest absolute Gasteiger partial charge is 0.294 e. The van der Waals surface area contributed by atoms with E-state index in [-0.39, 0.29) is 39.6 Å². The highest BCUT2D eigenvalue weighted by Gasteiger charge is 2.34. The second-order valence-electron chi connectivity index (χ2n) is 8.85. The van der Waals surface area contributed by atoms with E-state index < -0.39 is 32.5 Å². The van der Waals surface area contributed by atoms with E-state index in [1.165, 1.54) is 21.6 Å². The lowest BCUT2D eigenvalue weighted by atomic mass is 10.0. The minimum absolute atomic E-state index is 0.0833. The molecule has 1 fully saturated rings. The van der Waals surface area contributed by atoms with Gasteiger partial charge < -0.3 is 0 Å². The molecule has 0 N–H and O–H groups in total. The van der Waals surface area contributed by atoms with Crippen molar-refractivity contribution in [3.63, 3.8) is 0 Å². The summed E-state index contributed by atoms with van der Waals surface area (Å²) in [6, 6.07) is 3.26. The number of fused-ring (bicyclic) bond motifs is 1. The Morgan fingerprint density at radius 1 is 1.21 bits per heavy atom. The van der Waals surface area contributed by atoms with E-state index in [1.807, 2.05) is 0 Å². The number of hydrogen-bond acceptors (Lipinski definition) is 4. The van der Waals surface area contributed by atoms with Gasteiger partial charge in [0.15, 0.2) is 5.52 Å². The summed E-state index contributed by atoms with van der Waals surface area (Å²) in [6.45, 7) is 5.16. The molecule has 2 heterocycles. The van der Waals surface area contributed by atoms with Crippen molar-refractivity contribution in [2.75, 3.05) is 0 Å².